The monoisotopic (exact) mass is 223 g/mol. The molecule has 1 aliphatic carbocycles. The van der Waals surface area contributed by atoms with Crippen molar-refractivity contribution in [3.05, 3.63) is 0 Å². The molecule has 3 aliphatic rings. The zero-order valence-corrected chi connectivity index (χ0v) is 8.81. The molecule has 1 saturated carbocycles. The van der Waals surface area contributed by atoms with Crippen molar-refractivity contribution in [1.82, 2.24) is 15.1 Å². The molecule has 1 N–H and O–H groups in total. The Morgan fingerprint density at radius 3 is 1.94 bits per heavy atom. The lowest BCUT2D eigenvalue weighted by Gasteiger charge is -2.41. The number of barbiturate groups is 1. The van der Waals surface area contributed by atoms with Gasteiger partial charge in [-0.3, -0.25) is 19.4 Å². The SMILES string of the molecule is O=C1CC(=O)N(C2CNC2)C(=O)N1C1CC1. The number of nitrogens with zero attached hydrogens (tertiary/aromatic N) is 2. The van der Waals surface area contributed by atoms with Gasteiger partial charge in [0.15, 0.2) is 0 Å². The van der Waals surface area contributed by atoms with Gasteiger partial charge >= 0.3 is 6.03 Å². The normalized spacial score (nSPS) is 27.4. The molecule has 2 aliphatic heterocycles. The first-order valence-corrected chi connectivity index (χ1v) is 5.57. The van der Waals surface area contributed by atoms with Crippen molar-refractivity contribution in [3.63, 3.8) is 0 Å². The van der Waals surface area contributed by atoms with Crippen LogP contribution in [0.3, 0.4) is 0 Å². The minimum absolute atomic E-state index is 0.0450. The van der Waals surface area contributed by atoms with Gasteiger partial charge in [-0.05, 0) is 12.8 Å². The number of carbonyl (C=O) groups excluding carboxylic acids is 3. The number of urea groups is 1. The molecule has 0 aromatic heterocycles. The maximum Gasteiger partial charge on any atom is 0.334 e. The Hall–Kier alpha value is -1.43. The first-order chi connectivity index (χ1) is 7.68. The van der Waals surface area contributed by atoms with Crippen LogP contribution in [-0.4, -0.2) is 52.8 Å². The van der Waals surface area contributed by atoms with Crippen molar-refractivity contribution in [2.45, 2.75) is 31.3 Å². The Labute approximate surface area is 92.6 Å². The molecule has 0 atom stereocenters. The average molecular weight is 223 g/mol. The van der Waals surface area contributed by atoms with Crippen LogP contribution < -0.4 is 5.32 Å². The maximum atomic E-state index is 12.0. The van der Waals surface area contributed by atoms with Gasteiger partial charge in [-0.2, -0.15) is 0 Å². The van der Waals surface area contributed by atoms with E-state index in [1.807, 2.05) is 0 Å². The number of hydrogen-bond donors (Lipinski definition) is 1. The smallest absolute Gasteiger partial charge is 0.312 e. The van der Waals surface area contributed by atoms with E-state index in [-0.39, 0.29) is 30.3 Å². The molecule has 3 rings (SSSR count). The predicted molar refractivity (Wildman–Crippen MR) is 53.4 cm³/mol. The summed E-state index contributed by atoms with van der Waals surface area (Å²) in [5.74, 6) is -0.681. The molecule has 0 spiro atoms. The van der Waals surface area contributed by atoms with E-state index in [1.165, 1.54) is 9.80 Å². The van der Waals surface area contributed by atoms with Crippen LogP contribution >= 0.6 is 0 Å². The highest BCUT2D eigenvalue weighted by atomic mass is 16.2. The lowest BCUT2D eigenvalue weighted by atomic mass is 10.1. The molecule has 2 saturated heterocycles. The quantitative estimate of drug-likeness (QED) is 0.628. The first-order valence-electron chi connectivity index (χ1n) is 5.57. The van der Waals surface area contributed by atoms with E-state index in [0.29, 0.717) is 13.1 Å². The summed E-state index contributed by atoms with van der Waals surface area (Å²) in [6, 6.07) is -0.423. The van der Waals surface area contributed by atoms with E-state index in [9.17, 15) is 14.4 Å². The lowest BCUT2D eigenvalue weighted by molar-refractivity contribution is -0.144. The summed E-state index contributed by atoms with van der Waals surface area (Å²) >= 11 is 0. The lowest BCUT2D eigenvalue weighted by Crippen LogP contribution is -2.66. The van der Waals surface area contributed by atoms with Gasteiger partial charge in [0, 0.05) is 19.1 Å². The van der Waals surface area contributed by atoms with Crippen LogP contribution in [0.25, 0.3) is 0 Å². The third-order valence-electron chi connectivity index (χ3n) is 3.29. The van der Waals surface area contributed by atoms with Gasteiger partial charge in [0.05, 0.1) is 6.04 Å². The zero-order valence-electron chi connectivity index (χ0n) is 8.81. The van der Waals surface area contributed by atoms with Crippen LogP contribution in [0.1, 0.15) is 19.3 Å². The molecule has 6 heteroatoms. The maximum absolute atomic E-state index is 12.0. The van der Waals surface area contributed by atoms with Crippen LogP contribution in [0, 0.1) is 0 Å². The van der Waals surface area contributed by atoms with Gasteiger partial charge in [-0.15, -0.1) is 0 Å². The highest BCUT2D eigenvalue weighted by Crippen LogP contribution is 2.31. The summed E-state index contributed by atoms with van der Waals surface area (Å²) < 4.78 is 0. The molecule has 0 aromatic carbocycles. The Kier molecular flexibility index (Phi) is 2.00. The number of carbonyl (C=O) groups is 3. The second-order valence-corrected chi connectivity index (χ2v) is 4.53. The molecule has 3 fully saturated rings. The van der Waals surface area contributed by atoms with E-state index in [2.05, 4.69) is 5.32 Å². The summed E-state index contributed by atoms with van der Waals surface area (Å²) in [5, 5.41) is 3.02. The molecule has 0 bridgehead atoms. The van der Waals surface area contributed by atoms with Crippen molar-refractivity contribution in [2.75, 3.05) is 13.1 Å². The Bertz CT molecular complexity index is 374. The van der Waals surface area contributed by atoms with E-state index in [4.69, 9.17) is 0 Å². The van der Waals surface area contributed by atoms with Crippen LogP contribution in [0.15, 0.2) is 0 Å². The van der Waals surface area contributed by atoms with Crippen molar-refractivity contribution in [3.8, 4) is 0 Å². The summed E-state index contributed by atoms with van der Waals surface area (Å²) in [5.41, 5.74) is 0. The Morgan fingerprint density at radius 1 is 0.938 bits per heavy atom. The van der Waals surface area contributed by atoms with Crippen molar-refractivity contribution in [1.29, 1.82) is 0 Å². The van der Waals surface area contributed by atoms with Crippen molar-refractivity contribution in [2.24, 2.45) is 0 Å². The third kappa shape index (κ3) is 1.33. The number of hydrogen-bond acceptors (Lipinski definition) is 4. The van der Waals surface area contributed by atoms with Gasteiger partial charge in [0.2, 0.25) is 11.8 Å². The Morgan fingerprint density at radius 2 is 1.50 bits per heavy atom. The standard InChI is InChI=1S/C10H13N3O3/c14-8-3-9(15)13(7-4-11-5-7)10(16)12(8)6-1-2-6/h6-7,11H,1-5H2. The van der Waals surface area contributed by atoms with E-state index in [0.717, 1.165) is 12.8 Å². The molecule has 0 aromatic rings. The second-order valence-electron chi connectivity index (χ2n) is 4.53. The van der Waals surface area contributed by atoms with Crippen LogP contribution in [-0.2, 0) is 9.59 Å². The van der Waals surface area contributed by atoms with Crippen molar-refractivity contribution < 1.29 is 14.4 Å². The topological polar surface area (TPSA) is 69.7 Å². The fraction of sp³-hybridized carbons (Fsp3) is 0.700. The van der Waals surface area contributed by atoms with Gasteiger partial charge in [0.25, 0.3) is 0 Å². The minimum Gasteiger partial charge on any atom is -0.312 e. The van der Waals surface area contributed by atoms with E-state index >= 15 is 0 Å². The van der Waals surface area contributed by atoms with Crippen molar-refractivity contribution >= 4 is 17.8 Å². The molecule has 6 nitrogen and oxygen atoms in total. The molecule has 4 amide bonds. The third-order valence-corrected chi connectivity index (χ3v) is 3.29. The molecule has 2 heterocycles. The highest BCUT2D eigenvalue weighted by Gasteiger charge is 2.48. The second kappa shape index (κ2) is 3.28. The summed E-state index contributed by atoms with van der Waals surface area (Å²) in [7, 11) is 0. The van der Waals surface area contributed by atoms with Gasteiger partial charge in [0.1, 0.15) is 6.42 Å². The molecule has 16 heavy (non-hydrogen) atoms. The van der Waals surface area contributed by atoms with Gasteiger partial charge in [-0.1, -0.05) is 0 Å². The number of nitrogens with one attached hydrogen (secondary N) is 1. The number of amides is 4. The fourth-order valence-electron chi connectivity index (χ4n) is 2.14. The molecular weight excluding hydrogens is 210 g/mol. The summed E-state index contributed by atoms with van der Waals surface area (Å²) in [6.07, 6.45) is 1.60. The zero-order chi connectivity index (χ0) is 11.3. The van der Waals surface area contributed by atoms with Crippen LogP contribution in [0.4, 0.5) is 4.79 Å². The summed E-state index contributed by atoms with van der Waals surface area (Å²) in [4.78, 5) is 37.9. The molecule has 0 radical (unpaired) electrons. The molecule has 0 unspecified atom stereocenters. The minimum atomic E-state index is -0.407. The summed E-state index contributed by atoms with van der Waals surface area (Å²) in [6.45, 7) is 1.29. The van der Waals surface area contributed by atoms with Crippen LogP contribution in [0.2, 0.25) is 0 Å². The Balaban J connectivity index is 1.84. The predicted octanol–water partition coefficient (Wildman–Crippen LogP) is -0.698. The van der Waals surface area contributed by atoms with Gasteiger partial charge in [-0.25, -0.2) is 4.79 Å². The van der Waals surface area contributed by atoms with Crippen LogP contribution in [0.5, 0.6) is 0 Å². The molecule has 86 valence electrons. The average Bonchev–Trinajstić information content (AvgIpc) is 2.92. The van der Waals surface area contributed by atoms with E-state index in [1.54, 1.807) is 0 Å². The number of rotatable bonds is 2. The molecular formula is C10H13N3O3. The number of imide groups is 2. The largest absolute Gasteiger partial charge is 0.334 e. The van der Waals surface area contributed by atoms with Gasteiger partial charge < -0.3 is 5.32 Å². The fourth-order valence-corrected chi connectivity index (χ4v) is 2.14. The van der Waals surface area contributed by atoms with E-state index < -0.39 is 6.03 Å². The highest BCUT2D eigenvalue weighted by molar-refractivity contribution is 6.14. The first kappa shape index (κ1) is 9.77.